The van der Waals surface area contributed by atoms with Crippen LogP contribution in [0.4, 0.5) is 4.39 Å². The van der Waals surface area contributed by atoms with E-state index in [1.807, 2.05) is 13.0 Å². The van der Waals surface area contributed by atoms with Crippen molar-refractivity contribution in [1.29, 1.82) is 0 Å². The van der Waals surface area contributed by atoms with Crippen molar-refractivity contribution in [2.45, 2.75) is 13.5 Å². The van der Waals surface area contributed by atoms with Crippen molar-refractivity contribution in [2.24, 2.45) is 0 Å². The Labute approximate surface area is 130 Å². The van der Waals surface area contributed by atoms with E-state index in [4.69, 9.17) is 11.6 Å². The van der Waals surface area contributed by atoms with Gasteiger partial charge >= 0.3 is 0 Å². The summed E-state index contributed by atoms with van der Waals surface area (Å²) < 4.78 is 16.2. The van der Waals surface area contributed by atoms with Gasteiger partial charge in [-0.1, -0.05) is 16.8 Å². The molecule has 0 unspecified atom stereocenters. The smallest absolute Gasteiger partial charge is 0.251 e. The van der Waals surface area contributed by atoms with Gasteiger partial charge in [-0.3, -0.25) is 4.79 Å². The molecule has 0 spiro atoms. The van der Waals surface area contributed by atoms with Gasteiger partial charge in [-0.2, -0.15) is 0 Å². The predicted molar refractivity (Wildman–Crippen MR) is 80.9 cm³/mol. The second-order valence-electron chi connectivity index (χ2n) is 4.92. The number of aryl methyl sites for hydroxylation is 1. The van der Waals surface area contributed by atoms with Gasteiger partial charge < -0.3 is 4.57 Å². The third kappa shape index (κ3) is 2.92. The van der Waals surface area contributed by atoms with Crippen molar-refractivity contribution in [3.05, 3.63) is 75.2 Å². The standard InChI is InChI=1S/C15H12ClFN4O/c1-10-4-5-20(15(22)6-10)8-11-9-21(19-18-11)12-2-3-14(17)13(16)7-12/h2-7,9H,8H2,1H3. The lowest BCUT2D eigenvalue weighted by atomic mass is 10.3. The number of hydrogen-bond donors (Lipinski definition) is 0. The van der Waals surface area contributed by atoms with E-state index in [9.17, 15) is 9.18 Å². The van der Waals surface area contributed by atoms with Gasteiger partial charge in [0.15, 0.2) is 0 Å². The molecule has 0 aliphatic carbocycles. The Hall–Kier alpha value is -2.47. The Kier molecular flexibility index (Phi) is 3.77. The van der Waals surface area contributed by atoms with Crippen LogP contribution in [0.5, 0.6) is 0 Å². The Morgan fingerprint density at radius 1 is 1.27 bits per heavy atom. The molecule has 0 saturated heterocycles. The van der Waals surface area contributed by atoms with Crippen molar-refractivity contribution >= 4 is 11.6 Å². The maximum Gasteiger partial charge on any atom is 0.251 e. The molecule has 22 heavy (non-hydrogen) atoms. The summed E-state index contributed by atoms with van der Waals surface area (Å²) in [7, 11) is 0. The summed E-state index contributed by atoms with van der Waals surface area (Å²) in [5.41, 5.74) is 2.03. The van der Waals surface area contributed by atoms with E-state index in [0.717, 1.165) is 5.56 Å². The van der Waals surface area contributed by atoms with Gasteiger partial charge in [-0.15, -0.1) is 5.10 Å². The second kappa shape index (κ2) is 5.73. The molecule has 0 saturated carbocycles. The van der Waals surface area contributed by atoms with E-state index < -0.39 is 5.82 Å². The first-order valence-electron chi connectivity index (χ1n) is 6.57. The first-order valence-corrected chi connectivity index (χ1v) is 6.94. The van der Waals surface area contributed by atoms with Crippen LogP contribution in [-0.2, 0) is 6.54 Å². The van der Waals surface area contributed by atoms with Crippen LogP contribution in [0.15, 0.2) is 47.5 Å². The quantitative estimate of drug-likeness (QED) is 0.746. The zero-order chi connectivity index (χ0) is 15.7. The average molecular weight is 319 g/mol. The average Bonchev–Trinajstić information content (AvgIpc) is 2.93. The van der Waals surface area contributed by atoms with Gasteiger partial charge in [-0.25, -0.2) is 9.07 Å². The molecule has 0 amide bonds. The summed E-state index contributed by atoms with van der Waals surface area (Å²) >= 11 is 5.75. The summed E-state index contributed by atoms with van der Waals surface area (Å²) in [6, 6.07) is 7.70. The van der Waals surface area contributed by atoms with Crippen molar-refractivity contribution in [3.8, 4) is 5.69 Å². The number of benzene rings is 1. The fraction of sp³-hybridized carbons (Fsp3) is 0.133. The van der Waals surface area contributed by atoms with Crippen molar-refractivity contribution in [2.75, 3.05) is 0 Å². The van der Waals surface area contributed by atoms with Crippen LogP contribution in [-0.4, -0.2) is 19.6 Å². The van der Waals surface area contributed by atoms with Gasteiger partial charge in [0.25, 0.3) is 5.56 Å². The predicted octanol–water partition coefficient (Wildman–Crippen LogP) is 2.58. The summed E-state index contributed by atoms with van der Waals surface area (Å²) in [6.07, 6.45) is 3.39. The van der Waals surface area contributed by atoms with Crippen molar-refractivity contribution < 1.29 is 4.39 Å². The number of nitrogens with zero attached hydrogens (tertiary/aromatic N) is 4. The fourth-order valence-corrected chi connectivity index (χ4v) is 2.21. The zero-order valence-corrected chi connectivity index (χ0v) is 12.5. The molecule has 0 bridgehead atoms. The van der Waals surface area contributed by atoms with Crippen molar-refractivity contribution in [1.82, 2.24) is 19.6 Å². The topological polar surface area (TPSA) is 52.7 Å². The molecule has 3 rings (SSSR count). The molecule has 112 valence electrons. The van der Waals surface area contributed by atoms with Crippen LogP contribution in [0.1, 0.15) is 11.3 Å². The highest BCUT2D eigenvalue weighted by Gasteiger charge is 2.07. The lowest BCUT2D eigenvalue weighted by Gasteiger charge is -2.03. The molecule has 0 radical (unpaired) electrons. The molecule has 0 fully saturated rings. The molecule has 7 heteroatoms. The highest BCUT2D eigenvalue weighted by atomic mass is 35.5. The molecular weight excluding hydrogens is 307 g/mol. The number of halogens is 2. The summed E-state index contributed by atoms with van der Waals surface area (Å²) in [5.74, 6) is -0.489. The molecule has 5 nitrogen and oxygen atoms in total. The third-order valence-corrected chi connectivity index (χ3v) is 3.48. The summed E-state index contributed by atoms with van der Waals surface area (Å²) in [4.78, 5) is 11.9. The van der Waals surface area contributed by atoms with Gasteiger partial charge in [-0.05, 0) is 36.8 Å². The molecule has 3 aromatic rings. The second-order valence-corrected chi connectivity index (χ2v) is 5.33. The zero-order valence-electron chi connectivity index (χ0n) is 11.7. The van der Waals surface area contributed by atoms with Crippen LogP contribution in [0.3, 0.4) is 0 Å². The molecule has 2 aromatic heterocycles. The molecule has 1 aromatic carbocycles. The highest BCUT2D eigenvalue weighted by Crippen LogP contribution is 2.18. The monoisotopic (exact) mass is 318 g/mol. The molecule has 0 aliphatic heterocycles. The van der Waals surface area contributed by atoms with E-state index in [1.54, 1.807) is 29.1 Å². The van der Waals surface area contributed by atoms with Crippen LogP contribution in [0.25, 0.3) is 5.69 Å². The molecular formula is C15H12ClFN4O. The maximum absolute atomic E-state index is 13.2. The van der Waals surface area contributed by atoms with Gasteiger partial charge in [0.05, 0.1) is 23.5 Å². The largest absolute Gasteiger partial charge is 0.309 e. The first-order chi connectivity index (χ1) is 10.5. The Morgan fingerprint density at radius 3 is 2.82 bits per heavy atom. The minimum absolute atomic E-state index is 0.0179. The first kappa shape index (κ1) is 14.5. The van der Waals surface area contributed by atoms with Gasteiger partial charge in [0, 0.05) is 12.3 Å². The lowest BCUT2D eigenvalue weighted by Crippen LogP contribution is -2.19. The van der Waals surface area contributed by atoms with Crippen LogP contribution in [0, 0.1) is 12.7 Å². The summed E-state index contributed by atoms with van der Waals surface area (Å²) in [6.45, 7) is 2.17. The SMILES string of the molecule is Cc1ccn(Cc2cn(-c3ccc(F)c(Cl)c3)nn2)c(=O)c1. The van der Waals surface area contributed by atoms with Crippen molar-refractivity contribution in [3.63, 3.8) is 0 Å². The van der Waals surface area contributed by atoms with E-state index >= 15 is 0 Å². The minimum Gasteiger partial charge on any atom is -0.309 e. The van der Waals surface area contributed by atoms with Crippen LogP contribution in [0.2, 0.25) is 5.02 Å². The Balaban J connectivity index is 1.87. The lowest BCUT2D eigenvalue weighted by molar-refractivity contribution is 0.627. The molecule has 2 heterocycles. The normalized spacial score (nSPS) is 10.9. The van der Waals surface area contributed by atoms with E-state index in [0.29, 0.717) is 17.9 Å². The Bertz CT molecular complexity index is 887. The number of hydrogen-bond acceptors (Lipinski definition) is 3. The molecule has 0 atom stereocenters. The number of rotatable bonds is 3. The van der Waals surface area contributed by atoms with Gasteiger partial charge in [0.2, 0.25) is 0 Å². The molecule has 0 aliphatic rings. The fourth-order valence-electron chi connectivity index (χ4n) is 2.04. The van der Waals surface area contributed by atoms with Crippen LogP contribution < -0.4 is 5.56 Å². The number of pyridine rings is 1. The maximum atomic E-state index is 13.2. The third-order valence-electron chi connectivity index (χ3n) is 3.19. The minimum atomic E-state index is -0.489. The summed E-state index contributed by atoms with van der Waals surface area (Å²) in [5, 5.41) is 8.01. The van der Waals surface area contributed by atoms with E-state index in [1.165, 1.54) is 16.8 Å². The van der Waals surface area contributed by atoms with E-state index in [-0.39, 0.29) is 10.6 Å². The van der Waals surface area contributed by atoms with E-state index in [2.05, 4.69) is 10.3 Å². The van der Waals surface area contributed by atoms with Crippen LogP contribution >= 0.6 is 11.6 Å². The Morgan fingerprint density at radius 2 is 2.09 bits per heavy atom. The number of aromatic nitrogens is 4. The molecule has 0 N–H and O–H groups in total. The highest BCUT2D eigenvalue weighted by molar-refractivity contribution is 6.30. The van der Waals surface area contributed by atoms with Gasteiger partial charge in [0.1, 0.15) is 11.5 Å².